The second-order valence-electron chi connectivity index (χ2n) is 9.61. The van der Waals surface area contributed by atoms with E-state index in [1.54, 1.807) is 12.1 Å². The standard InChI is InChI=1S/C30H35N3O7S/c1-38-26-13-15-27(16-14-26)41(36,37)32(21-24-9-5-3-6-10-24)30(17-19-31-20-18-30)29(35)33(28(22-34)39-2)40-23-25-11-7-4-8-12-25/h3-16,22,28,31H,17-21,23H2,1-2H3. The number of ether oxygens (including phenoxy) is 2. The van der Waals surface area contributed by atoms with Crippen molar-refractivity contribution in [2.45, 2.75) is 42.7 Å². The van der Waals surface area contributed by atoms with Crippen molar-refractivity contribution in [1.29, 1.82) is 0 Å². The number of hydroxylamine groups is 2. The number of rotatable bonds is 13. The molecule has 1 aliphatic rings. The van der Waals surface area contributed by atoms with Gasteiger partial charge in [0.1, 0.15) is 17.9 Å². The number of methoxy groups -OCH3 is 2. The van der Waals surface area contributed by atoms with Crippen LogP contribution in [0.25, 0.3) is 0 Å². The molecule has 11 heteroatoms. The van der Waals surface area contributed by atoms with Gasteiger partial charge in [0.15, 0.2) is 6.29 Å². The molecule has 1 fully saturated rings. The van der Waals surface area contributed by atoms with Crippen LogP contribution < -0.4 is 10.1 Å². The zero-order chi connectivity index (χ0) is 29.3. The smallest absolute Gasteiger partial charge is 0.270 e. The van der Waals surface area contributed by atoms with Crippen LogP contribution in [0.1, 0.15) is 24.0 Å². The van der Waals surface area contributed by atoms with Gasteiger partial charge >= 0.3 is 0 Å². The van der Waals surface area contributed by atoms with E-state index < -0.39 is 27.7 Å². The van der Waals surface area contributed by atoms with E-state index in [1.807, 2.05) is 60.7 Å². The van der Waals surface area contributed by atoms with Crippen LogP contribution in [0.3, 0.4) is 0 Å². The molecule has 1 heterocycles. The number of nitrogens with zero attached hydrogens (tertiary/aromatic N) is 2. The van der Waals surface area contributed by atoms with Gasteiger partial charge in [0.25, 0.3) is 5.91 Å². The highest BCUT2D eigenvalue weighted by Gasteiger charge is 2.53. The van der Waals surface area contributed by atoms with Crippen molar-refractivity contribution in [1.82, 2.24) is 14.7 Å². The molecule has 0 aromatic heterocycles. The Hall–Kier alpha value is -3.61. The summed E-state index contributed by atoms with van der Waals surface area (Å²) in [6.45, 7) is 0.644. The van der Waals surface area contributed by atoms with Gasteiger partial charge in [0.05, 0.1) is 12.0 Å². The Morgan fingerprint density at radius 1 is 0.927 bits per heavy atom. The molecule has 0 radical (unpaired) electrons. The summed E-state index contributed by atoms with van der Waals surface area (Å²) in [5.74, 6) is -0.178. The fraction of sp³-hybridized carbons (Fsp3) is 0.333. The molecule has 1 amide bonds. The van der Waals surface area contributed by atoms with Crippen LogP contribution in [0.15, 0.2) is 89.8 Å². The van der Waals surface area contributed by atoms with Crippen molar-refractivity contribution in [2.24, 2.45) is 0 Å². The molecule has 0 bridgehead atoms. The normalized spacial score (nSPS) is 15.7. The SMILES string of the molecule is COc1ccc(S(=O)(=O)N(Cc2ccccc2)C2(C(=O)N(OCc3ccccc3)C(C=O)OC)CCNCC2)cc1. The van der Waals surface area contributed by atoms with Crippen LogP contribution in [-0.4, -0.2) is 69.1 Å². The zero-order valence-electron chi connectivity index (χ0n) is 23.1. The summed E-state index contributed by atoms with van der Waals surface area (Å²) in [7, 11) is -1.46. The van der Waals surface area contributed by atoms with Crippen LogP contribution in [0.4, 0.5) is 0 Å². The zero-order valence-corrected chi connectivity index (χ0v) is 24.0. The van der Waals surface area contributed by atoms with Crippen molar-refractivity contribution in [2.75, 3.05) is 27.3 Å². The molecule has 3 aromatic carbocycles. The highest BCUT2D eigenvalue weighted by molar-refractivity contribution is 7.89. The lowest BCUT2D eigenvalue weighted by molar-refractivity contribution is -0.245. The molecule has 0 aliphatic carbocycles. The highest BCUT2D eigenvalue weighted by Crippen LogP contribution is 2.36. The molecular weight excluding hydrogens is 546 g/mol. The van der Waals surface area contributed by atoms with E-state index in [-0.39, 0.29) is 30.9 Å². The molecule has 10 nitrogen and oxygen atoms in total. The summed E-state index contributed by atoms with van der Waals surface area (Å²) < 4.78 is 40.6. The first-order valence-electron chi connectivity index (χ1n) is 13.3. The molecule has 218 valence electrons. The monoisotopic (exact) mass is 581 g/mol. The fourth-order valence-electron chi connectivity index (χ4n) is 4.88. The van der Waals surface area contributed by atoms with Crippen LogP contribution >= 0.6 is 0 Å². The van der Waals surface area contributed by atoms with E-state index in [2.05, 4.69) is 5.32 Å². The molecule has 1 atom stereocenters. The van der Waals surface area contributed by atoms with E-state index in [0.29, 0.717) is 30.7 Å². The number of benzene rings is 3. The molecule has 0 saturated carbocycles. The third-order valence-corrected chi connectivity index (χ3v) is 9.05. The van der Waals surface area contributed by atoms with E-state index in [0.717, 1.165) is 10.6 Å². The largest absolute Gasteiger partial charge is 0.497 e. The Balaban J connectivity index is 1.82. The minimum atomic E-state index is -4.25. The maximum absolute atomic E-state index is 14.6. The van der Waals surface area contributed by atoms with Gasteiger partial charge in [-0.05, 0) is 61.3 Å². The van der Waals surface area contributed by atoms with Gasteiger partial charge in [0.2, 0.25) is 16.3 Å². The van der Waals surface area contributed by atoms with Gasteiger partial charge in [-0.15, -0.1) is 0 Å². The van der Waals surface area contributed by atoms with Crippen molar-refractivity contribution in [3.63, 3.8) is 0 Å². The van der Waals surface area contributed by atoms with Crippen LogP contribution in [0, 0.1) is 0 Å². The van der Waals surface area contributed by atoms with Gasteiger partial charge < -0.3 is 14.8 Å². The van der Waals surface area contributed by atoms with E-state index in [4.69, 9.17) is 14.3 Å². The highest BCUT2D eigenvalue weighted by atomic mass is 32.2. The van der Waals surface area contributed by atoms with Crippen molar-refractivity contribution < 1.29 is 32.3 Å². The summed E-state index contributed by atoms with van der Waals surface area (Å²) in [6, 6.07) is 24.3. The van der Waals surface area contributed by atoms with E-state index in [9.17, 15) is 18.0 Å². The molecule has 0 spiro atoms. The maximum Gasteiger partial charge on any atom is 0.270 e. The van der Waals surface area contributed by atoms with Crippen LogP contribution in [0.2, 0.25) is 0 Å². The van der Waals surface area contributed by atoms with Gasteiger partial charge in [-0.2, -0.15) is 9.37 Å². The first-order valence-corrected chi connectivity index (χ1v) is 14.7. The molecule has 1 aliphatic heterocycles. The second kappa shape index (κ2) is 13.8. The van der Waals surface area contributed by atoms with Gasteiger partial charge in [-0.25, -0.2) is 8.42 Å². The summed E-state index contributed by atoms with van der Waals surface area (Å²) in [6.07, 6.45) is -0.638. The Labute approximate surface area is 240 Å². The van der Waals surface area contributed by atoms with Crippen molar-refractivity contribution in [3.8, 4) is 5.75 Å². The minimum absolute atomic E-state index is 0.00960. The number of carbonyl (C=O) groups excluding carboxylic acids is 2. The lowest BCUT2D eigenvalue weighted by atomic mass is 9.86. The van der Waals surface area contributed by atoms with Gasteiger partial charge in [0, 0.05) is 13.7 Å². The number of amides is 1. The topological polar surface area (TPSA) is 114 Å². The van der Waals surface area contributed by atoms with Crippen LogP contribution in [0.5, 0.6) is 5.75 Å². The summed E-state index contributed by atoms with van der Waals surface area (Å²) in [5.41, 5.74) is -0.126. The summed E-state index contributed by atoms with van der Waals surface area (Å²) >= 11 is 0. The Bertz CT molecular complexity index is 1380. The van der Waals surface area contributed by atoms with E-state index in [1.165, 1.54) is 30.7 Å². The predicted molar refractivity (Wildman–Crippen MR) is 152 cm³/mol. The third kappa shape index (κ3) is 6.83. The molecule has 1 unspecified atom stereocenters. The molecule has 41 heavy (non-hydrogen) atoms. The first-order chi connectivity index (χ1) is 19.9. The molecular formula is C30H35N3O7S. The van der Waals surface area contributed by atoms with Gasteiger partial charge in [-0.3, -0.25) is 14.4 Å². The Kier molecular flexibility index (Phi) is 10.2. The number of hydrogen-bond donors (Lipinski definition) is 1. The number of carbonyl (C=O) groups is 2. The molecule has 1 saturated heterocycles. The minimum Gasteiger partial charge on any atom is -0.497 e. The quantitative estimate of drug-likeness (QED) is 0.186. The number of sulfonamides is 1. The lowest BCUT2D eigenvalue weighted by Crippen LogP contribution is -2.65. The predicted octanol–water partition coefficient (Wildman–Crippen LogP) is 3.14. The number of aldehydes is 1. The van der Waals surface area contributed by atoms with Gasteiger partial charge in [-0.1, -0.05) is 60.7 Å². The number of nitrogens with one attached hydrogen (secondary N) is 1. The summed E-state index contributed by atoms with van der Waals surface area (Å²) in [4.78, 5) is 32.6. The first kappa shape index (κ1) is 30.4. The molecule has 3 aromatic rings. The number of hydrogen-bond acceptors (Lipinski definition) is 8. The second-order valence-corrected chi connectivity index (χ2v) is 11.5. The average molecular weight is 582 g/mol. The Morgan fingerprint density at radius 3 is 2.05 bits per heavy atom. The molecule has 4 rings (SSSR count). The Morgan fingerprint density at radius 2 is 1.51 bits per heavy atom. The average Bonchev–Trinajstić information content (AvgIpc) is 3.03. The summed E-state index contributed by atoms with van der Waals surface area (Å²) in [5, 5.41) is 4.10. The van der Waals surface area contributed by atoms with Crippen molar-refractivity contribution >= 4 is 22.2 Å². The number of piperidine rings is 1. The lowest BCUT2D eigenvalue weighted by Gasteiger charge is -2.46. The van der Waals surface area contributed by atoms with Crippen LogP contribution in [-0.2, 0) is 42.3 Å². The van der Waals surface area contributed by atoms with E-state index >= 15 is 0 Å². The van der Waals surface area contributed by atoms with Crippen molar-refractivity contribution in [3.05, 3.63) is 96.1 Å². The fourth-order valence-corrected chi connectivity index (χ4v) is 6.65. The third-order valence-electron chi connectivity index (χ3n) is 7.12. The molecule has 1 N–H and O–H groups in total. The maximum atomic E-state index is 14.6.